The van der Waals surface area contributed by atoms with E-state index in [4.69, 9.17) is 14.2 Å². The van der Waals surface area contributed by atoms with Crippen LogP contribution in [0.25, 0.3) is 0 Å². The molecule has 2 aromatic rings. The summed E-state index contributed by atoms with van der Waals surface area (Å²) in [6.07, 6.45) is 7.07. The van der Waals surface area contributed by atoms with Gasteiger partial charge >= 0.3 is 0 Å². The number of rotatable bonds is 12. The first-order chi connectivity index (χ1) is 22.0. The van der Waals surface area contributed by atoms with E-state index in [-0.39, 0.29) is 35.2 Å². The molecule has 0 unspecified atom stereocenters. The molecule has 0 aromatic heterocycles. The van der Waals surface area contributed by atoms with Crippen LogP contribution in [0.2, 0.25) is 0 Å². The molecule has 0 spiro atoms. The van der Waals surface area contributed by atoms with Gasteiger partial charge in [-0.05, 0) is 75.3 Å². The number of methoxy groups -OCH3 is 1. The average Bonchev–Trinajstić information content (AvgIpc) is 3.92. The molecule has 4 aliphatic rings. The number of hydrogen-bond donors (Lipinski definition) is 2. The molecule has 9 nitrogen and oxygen atoms in total. The van der Waals surface area contributed by atoms with E-state index in [9.17, 15) is 9.59 Å². The minimum Gasteiger partial charge on any atom is -0.493 e. The molecule has 9 heteroatoms. The minimum absolute atomic E-state index is 0.0495. The largest absolute Gasteiger partial charge is 0.493 e. The van der Waals surface area contributed by atoms with E-state index in [1.807, 2.05) is 11.0 Å². The molecule has 1 saturated carbocycles. The Morgan fingerprint density at radius 2 is 1.87 bits per heavy atom. The molecule has 45 heavy (non-hydrogen) atoms. The van der Waals surface area contributed by atoms with E-state index < -0.39 is 0 Å². The lowest BCUT2D eigenvalue weighted by atomic mass is 9.79. The molecular weight excluding hydrogens is 568 g/mol. The third-order valence-corrected chi connectivity index (χ3v) is 10.0. The summed E-state index contributed by atoms with van der Waals surface area (Å²) in [6, 6.07) is 14.8. The van der Waals surface area contributed by atoms with Crippen molar-refractivity contribution in [2.75, 3.05) is 60.2 Å². The van der Waals surface area contributed by atoms with Gasteiger partial charge in [0.2, 0.25) is 11.8 Å². The van der Waals surface area contributed by atoms with Crippen molar-refractivity contribution in [3.63, 3.8) is 0 Å². The van der Waals surface area contributed by atoms with Gasteiger partial charge in [-0.15, -0.1) is 0 Å². The van der Waals surface area contributed by atoms with Gasteiger partial charge in [0.05, 0.1) is 30.6 Å². The molecule has 244 valence electrons. The Balaban J connectivity index is 1.14. The Labute approximate surface area is 268 Å². The van der Waals surface area contributed by atoms with E-state index in [0.717, 1.165) is 80.7 Å². The fraction of sp³-hybridized carbons (Fsp3) is 0.611. The second-order valence-corrected chi connectivity index (χ2v) is 13.4. The zero-order valence-electron chi connectivity index (χ0n) is 27.0. The van der Waals surface area contributed by atoms with Crippen molar-refractivity contribution >= 4 is 11.8 Å². The van der Waals surface area contributed by atoms with Gasteiger partial charge in [-0.2, -0.15) is 0 Å². The normalized spacial score (nSPS) is 23.0. The number of amides is 2. The van der Waals surface area contributed by atoms with Crippen LogP contribution in [0.5, 0.6) is 11.5 Å². The first-order valence-corrected chi connectivity index (χ1v) is 16.9. The lowest BCUT2D eigenvalue weighted by molar-refractivity contribution is -0.139. The van der Waals surface area contributed by atoms with Crippen LogP contribution in [0, 0.1) is 11.8 Å². The Bertz CT molecular complexity index is 1310. The highest BCUT2D eigenvalue weighted by Gasteiger charge is 2.42. The molecule has 6 rings (SSSR count). The minimum atomic E-state index is -0.375. The zero-order chi connectivity index (χ0) is 31.2. The van der Waals surface area contributed by atoms with E-state index in [0.29, 0.717) is 45.9 Å². The first kappa shape index (κ1) is 31.8. The Morgan fingerprint density at radius 1 is 1.09 bits per heavy atom. The highest BCUT2D eigenvalue weighted by Crippen LogP contribution is 2.38. The second-order valence-electron chi connectivity index (χ2n) is 13.4. The molecule has 0 radical (unpaired) electrons. The summed E-state index contributed by atoms with van der Waals surface area (Å²) >= 11 is 0. The van der Waals surface area contributed by atoms with Crippen molar-refractivity contribution in [1.29, 1.82) is 0 Å². The summed E-state index contributed by atoms with van der Waals surface area (Å²) in [5.74, 6) is 1.44. The molecular formula is C36H50N4O5. The number of hydrogen-bond acceptors (Lipinski definition) is 7. The van der Waals surface area contributed by atoms with Crippen molar-refractivity contribution in [2.45, 2.75) is 69.5 Å². The van der Waals surface area contributed by atoms with Crippen molar-refractivity contribution < 1.29 is 23.8 Å². The molecule has 1 aliphatic carbocycles. The SMILES string of the molecule is COCCCOc1cc(CN(C(=O)[C@H]2CNC[C@@H](C(=O)NC3(c4ccccc4)CCN(C)CC3)C2)C2CC2)cc2c1CCCO2. The number of fused-ring (bicyclic) bond motifs is 1. The molecule has 0 bridgehead atoms. The molecule has 3 fully saturated rings. The number of piperidine rings is 2. The lowest BCUT2D eigenvalue weighted by Crippen LogP contribution is -2.56. The maximum atomic E-state index is 14.2. The monoisotopic (exact) mass is 618 g/mol. The zero-order valence-corrected chi connectivity index (χ0v) is 27.0. The van der Waals surface area contributed by atoms with E-state index in [1.165, 1.54) is 5.56 Å². The number of likely N-dealkylation sites (tertiary alicyclic amines) is 1. The maximum Gasteiger partial charge on any atom is 0.227 e. The Hall–Kier alpha value is -3.14. The van der Waals surface area contributed by atoms with Gasteiger partial charge < -0.3 is 34.6 Å². The third kappa shape index (κ3) is 7.64. The fourth-order valence-electron chi connectivity index (χ4n) is 7.20. The quantitative estimate of drug-likeness (QED) is 0.349. The first-order valence-electron chi connectivity index (χ1n) is 16.9. The highest BCUT2D eigenvalue weighted by atomic mass is 16.5. The Kier molecular flexibility index (Phi) is 10.3. The number of benzene rings is 2. The van der Waals surface area contributed by atoms with E-state index in [2.05, 4.69) is 59.0 Å². The molecule has 3 aliphatic heterocycles. The van der Waals surface area contributed by atoms with Crippen LogP contribution >= 0.6 is 0 Å². The van der Waals surface area contributed by atoms with Crippen LogP contribution in [0.3, 0.4) is 0 Å². The Morgan fingerprint density at radius 3 is 2.62 bits per heavy atom. The standard InChI is InChI=1S/C36H50N4O5/c1-39-15-13-36(14-16-39,29-8-4-3-5-9-29)38-34(41)27-22-28(24-37-23-27)35(42)40(30-11-12-30)25-26-20-32-31(10-6-18-44-32)33(21-26)45-19-7-17-43-2/h3-5,8-9,20-21,27-28,30,37H,6-7,10-19,22-25H2,1-2H3,(H,38,41)/t27-,28+/m0/s1. The summed E-state index contributed by atoms with van der Waals surface area (Å²) in [5.41, 5.74) is 2.94. The van der Waals surface area contributed by atoms with Gasteiger partial charge in [0.1, 0.15) is 11.5 Å². The number of ether oxygens (including phenoxy) is 3. The molecule has 2 aromatic carbocycles. The number of nitrogens with zero attached hydrogens (tertiary/aromatic N) is 2. The van der Waals surface area contributed by atoms with Gasteiger partial charge in [0.25, 0.3) is 0 Å². The van der Waals surface area contributed by atoms with Crippen molar-refractivity contribution in [2.24, 2.45) is 11.8 Å². The maximum absolute atomic E-state index is 14.2. The predicted molar refractivity (Wildman–Crippen MR) is 173 cm³/mol. The summed E-state index contributed by atoms with van der Waals surface area (Å²) in [4.78, 5) is 32.4. The lowest BCUT2D eigenvalue weighted by Gasteiger charge is -2.43. The smallest absolute Gasteiger partial charge is 0.227 e. The van der Waals surface area contributed by atoms with E-state index in [1.54, 1.807) is 7.11 Å². The molecule has 3 heterocycles. The second kappa shape index (κ2) is 14.5. The highest BCUT2D eigenvalue weighted by molar-refractivity contribution is 5.84. The van der Waals surface area contributed by atoms with Crippen molar-refractivity contribution in [3.8, 4) is 11.5 Å². The van der Waals surface area contributed by atoms with E-state index >= 15 is 0 Å². The summed E-state index contributed by atoms with van der Waals surface area (Å²) in [6.45, 7) is 5.51. The number of carbonyl (C=O) groups excluding carboxylic acids is 2. The van der Waals surface area contributed by atoms with Crippen molar-refractivity contribution in [1.82, 2.24) is 20.4 Å². The van der Waals surface area contributed by atoms with Gasteiger partial charge in [0, 0.05) is 64.5 Å². The fourth-order valence-corrected chi connectivity index (χ4v) is 7.20. The van der Waals surface area contributed by atoms with Crippen LogP contribution in [-0.4, -0.2) is 87.8 Å². The van der Waals surface area contributed by atoms with Crippen LogP contribution in [0.1, 0.15) is 61.6 Å². The predicted octanol–water partition coefficient (Wildman–Crippen LogP) is 3.88. The molecule has 2 saturated heterocycles. The van der Waals surface area contributed by atoms with Crippen LogP contribution < -0.4 is 20.1 Å². The van der Waals surface area contributed by atoms with Crippen LogP contribution in [0.4, 0.5) is 0 Å². The number of carbonyl (C=O) groups is 2. The topological polar surface area (TPSA) is 92.4 Å². The molecule has 2 N–H and O–H groups in total. The molecule has 2 amide bonds. The van der Waals surface area contributed by atoms with Gasteiger partial charge in [-0.1, -0.05) is 30.3 Å². The average molecular weight is 619 g/mol. The van der Waals surface area contributed by atoms with Crippen LogP contribution in [-0.2, 0) is 32.8 Å². The summed E-state index contributed by atoms with van der Waals surface area (Å²) < 4.78 is 17.5. The number of nitrogens with one attached hydrogen (secondary N) is 2. The van der Waals surface area contributed by atoms with Crippen molar-refractivity contribution in [3.05, 3.63) is 59.2 Å². The van der Waals surface area contributed by atoms with Gasteiger partial charge in [0.15, 0.2) is 0 Å². The summed E-state index contributed by atoms with van der Waals surface area (Å²) in [7, 11) is 3.84. The van der Waals surface area contributed by atoms with Gasteiger partial charge in [-0.25, -0.2) is 0 Å². The molecule has 2 atom stereocenters. The summed E-state index contributed by atoms with van der Waals surface area (Å²) in [5, 5.41) is 6.93. The van der Waals surface area contributed by atoms with Gasteiger partial charge in [-0.3, -0.25) is 9.59 Å². The third-order valence-electron chi connectivity index (χ3n) is 10.0. The van der Waals surface area contributed by atoms with Crippen LogP contribution in [0.15, 0.2) is 42.5 Å².